The smallest absolute Gasteiger partial charge is 0.306 e. The highest BCUT2D eigenvalue weighted by molar-refractivity contribution is 7.89. The van der Waals surface area contributed by atoms with Crippen LogP contribution in [0.25, 0.3) is 0 Å². The molecule has 2 aliphatic rings. The number of carbonyl (C=O) groups excluding carboxylic acids is 1. The van der Waals surface area contributed by atoms with E-state index in [1.54, 1.807) is 4.90 Å². The number of hydrogen-bond donors (Lipinski definition) is 2. The van der Waals surface area contributed by atoms with E-state index in [-0.39, 0.29) is 23.5 Å². The maximum atomic E-state index is 12.5. The molecule has 2 aliphatic heterocycles. The summed E-state index contributed by atoms with van der Waals surface area (Å²) in [5.74, 6) is -1.45. The van der Waals surface area contributed by atoms with Crippen molar-refractivity contribution in [2.45, 2.75) is 36.7 Å². The molecule has 1 aromatic carbocycles. The summed E-state index contributed by atoms with van der Waals surface area (Å²) in [4.78, 5) is 25.2. The summed E-state index contributed by atoms with van der Waals surface area (Å²) < 4.78 is 32.7. The van der Waals surface area contributed by atoms with Crippen LogP contribution in [0, 0.1) is 5.92 Å². The lowest BCUT2D eigenvalue weighted by Gasteiger charge is -2.30. The van der Waals surface area contributed by atoms with E-state index in [1.807, 2.05) is 0 Å². The number of rotatable bonds is 6. The van der Waals surface area contributed by atoms with Gasteiger partial charge in [0.25, 0.3) is 5.91 Å². The molecule has 2 N–H and O–H groups in total. The summed E-state index contributed by atoms with van der Waals surface area (Å²) in [6.07, 6.45) is 2.55. The molecule has 0 radical (unpaired) electrons. The molecule has 3 rings (SSSR count). The lowest BCUT2D eigenvalue weighted by atomic mass is 9.96. The summed E-state index contributed by atoms with van der Waals surface area (Å²) >= 11 is 0. The van der Waals surface area contributed by atoms with Crippen molar-refractivity contribution in [2.75, 3.05) is 26.2 Å². The second-order valence-electron chi connectivity index (χ2n) is 6.92. The van der Waals surface area contributed by atoms with Crippen LogP contribution < -0.4 is 4.72 Å². The van der Waals surface area contributed by atoms with Crippen molar-refractivity contribution >= 4 is 21.9 Å². The SMILES string of the molecule is O=C(O)C1CCN(C(=O)c2ccc(S(=O)(=O)NCC3CCCO3)cc2)CC1. The van der Waals surface area contributed by atoms with Crippen molar-refractivity contribution in [3.05, 3.63) is 29.8 Å². The van der Waals surface area contributed by atoms with Crippen LogP contribution in [0.5, 0.6) is 0 Å². The Balaban J connectivity index is 1.59. The van der Waals surface area contributed by atoms with Crippen LogP contribution >= 0.6 is 0 Å². The Morgan fingerprint density at radius 1 is 1.15 bits per heavy atom. The molecule has 0 bridgehead atoms. The minimum absolute atomic E-state index is 0.0886. The summed E-state index contributed by atoms with van der Waals surface area (Å²) in [6, 6.07) is 5.81. The van der Waals surface area contributed by atoms with Gasteiger partial charge in [0, 0.05) is 31.8 Å². The maximum Gasteiger partial charge on any atom is 0.306 e. The molecular weight excluding hydrogens is 372 g/mol. The fourth-order valence-electron chi connectivity index (χ4n) is 3.38. The highest BCUT2D eigenvalue weighted by Crippen LogP contribution is 2.20. The topological polar surface area (TPSA) is 113 Å². The number of sulfonamides is 1. The van der Waals surface area contributed by atoms with Gasteiger partial charge in [-0.25, -0.2) is 13.1 Å². The van der Waals surface area contributed by atoms with E-state index < -0.39 is 21.9 Å². The summed E-state index contributed by atoms with van der Waals surface area (Å²) in [6.45, 7) is 1.67. The van der Waals surface area contributed by atoms with Crippen molar-refractivity contribution in [3.8, 4) is 0 Å². The Labute approximate surface area is 158 Å². The third-order valence-corrected chi connectivity index (χ3v) is 6.51. The number of aliphatic carboxylic acids is 1. The van der Waals surface area contributed by atoms with E-state index in [4.69, 9.17) is 9.84 Å². The highest BCUT2D eigenvalue weighted by Gasteiger charge is 2.28. The number of amides is 1. The second-order valence-corrected chi connectivity index (χ2v) is 8.68. The molecule has 2 saturated heterocycles. The van der Waals surface area contributed by atoms with Gasteiger partial charge >= 0.3 is 5.97 Å². The Bertz CT molecular complexity index is 779. The average molecular weight is 396 g/mol. The van der Waals surface area contributed by atoms with E-state index in [0.29, 0.717) is 38.1 Å². The van der Waals surface area contributed by atoms with Gasteiger partial charge in [0.2, 0.25) is 10.0 Å². The zero-order valence-electron chi connectivity index (χ0n) is 15.0. The van der Waals surface area contributed by atoms with Gasteiger partial charge in [0.15, 0.2) is 0 Å². The maximum absolute atomic E-state index is 12.5. The number of piperidine rings is 1. The normalized spacial score (nSPS) is 21.3. The van der Waals surface area contributed by atoms with Crippen molar-refractivity contribution < 1.29 is 27.9 Å². The largest absolute Gasteiger partial charge is 0.481 e. The number of carbonyl (C=O) groups is 2. The number of ether oxygens (including phenoxy) is 1. The van der Waals surface area contributed by atoms with E-state index >= 15 is 0 Å². The number of nitrogens with one attached hydrogen (secondary N) is 1. The minimum Gasteiger partial charge on any atom is -0.481 e. The molecule has 2 fully saturated rings. The molecule has 1 atom stereocenters. The molecule has 27 heavy (non-hydrogen) atoms. The molecule has 1 unspecified atom stereocenters. The van der Waals surface area contributed by atoms with Crippen LogP contribution in [0.3, 0.4) is 0 Å². The molecule has 148 valence electrons. The average Bonchev–Trinajstić information content (AvgIpc) is 3.20. The van der Waals surface area contributed by atoms with Gasteiger partial charge in [-0.05, 0) is 49.9 Å². The molecule has 9 heteroatoms. The van der Waals surface area contributed by atoms with Crippen molar-refractivity contribution in [1.82, 2.24) is 9.62 Å². The lowest BCUT2D eigenvalue weighted by molar-refractivity contribution is -0.143. The number of carboxylic acid groups (broad SMARTS) is 1. The number of hydrogen-bond acceptors (Lipinski definition) is 5. The minimum atomic E-state index is -3.65. The number of likely N-dealkylation sites (tertiary alicyclic amines) is 1. The molecular formula is C18H24N2O6S. The quantitative estimate of drug-likeness (QED) is 0.744. The Hall–Kier alpha value is -1.97. The lowest BCUT2D eigenvalue weighted by Crippen LogP contribution is -2.40. The van der Waals surface area contributed by atoms with Crippen LogP contribution in [-0.2, 0) is 19.6 Å². The van der Waals surface area contributed by atoms with Crippen LogP contribution in [-0.4, -0.2) is 62.6 Å². The van der Waals surface area contributed by atoms with Gasteiger partial charge in [-0.3, -0.25) is 9.59 Å². The first-order chi connectivity index (χ1) is 12.9. The van der Waals surface area contributed by atoms with Crippen molar-refractivity contribution in [2.24, 2.45) is 5.92 Å². The van der Waals surface area contributed by atoms with Gasteiger partial charge in [0.05, 0.1) is 16.9 Å². The van der Waals surface area contributed by atoms with Crippen LogP contribution in [0.4, 0.5) is 0 Å². The van der Waals surface area contributed by atoms with Crippen LogP contribution in [0.15, 0.2) is 29.2 Å². The number of carboxylic acids is 1. The molecule has 2 heterocycles. The van der Waals surface area contributed by atoms with Gasteiger partial charge in [-0.2, -0.15) is 0 Å². The van der Waals surface area contributed by atoms with Gasteiger partial charge < -0.3 is 14.7 Å². The molecule has 0 spiro atoms. The standard InChI is InChI=1S/C18H24N2O6S/c21-17(20-9-7-14(8-10-20)18(22)23)13-3-5-16(6-4-13)27(24,25)19-12-15-2-1-11-26-15/h3-6,14-15,19H,1-2,7-12H2,(H,22,23). The highest BCUT2D eigenvalue weighted by atomic mass is 32.2. The Kier molecular flexibility index (Phi) is 6.13. The van der Waals surface area contributed by atoms with E-state index in [2.05, 4.69) is 4.72 Å². The third kappa shape index (κ3) is 4.85. The van der Waals surface area contributed by atoms with Gasteiger partial charge in [0.1, 0.15) is 0 Å². The molecule has 1 aromatic rings. The molecule has 0 aromatic heterocycles. The second kappa shape index (κ2) is 8.37. The summed E-state index contributed by atoms with van der Waals surface area (Å²) in [7, 11) is -3.65. The molecule has 0 aliphatic carbocycles. The van der Waals surface area contributed by atoms with Crippen molar-refractivity contribution in [1.29, 1.82) is 0 Å². The van der Waals surface area contributed by atoms with E-state index in [1.165, 1.54) is 24.3 Å². The fraction of sp³-hybridized carbons (Fsp3) is 0.556. The number of nitrogens with zero attached hydrogens (tertiary/aromatic N) is 1. The first-order valence-corrected chi connectivity index (χ1v) is 10.6. The Morgan fingerprint density at radius 3 is 2.37 bits per heavy atom. The third-order valence-electron chi connectivity index (χ3n) is 5.07. The first-order valence-electron chi connectivity index (χ1n) is 9.10. The fourth-order valence-corrected chi connectivity index (χ4v) is 4.45. The monoisotopic (exact) mass is 396 g/mol. The zero-order valence-corrected chi connectivity index (χ0v) is 15.8. The Morgan fingerprint density at radius 2 is 1.81 bits per heavy atom. The summed E-state index contributed by atoms with van der Waals surface area (Å²) in [5.41, 5.74) is 0.391. The predicted octanol–water partition coefficient (Wildman–Crippen LogP) is 1.08. The molecule has 8 nitrogen and oxygen atoms in total. The van der Waals surface area contributed by atoms with Crippen LogP contribution in [0.2, 0.25) is 0 Å². The van der Waals surface area contributed by atoms with Crippen molar-refractivity contribution in [3.63, 3.8) is 0 Å². The predicted molar refractivity (Wildman–Crippen MR) is 96.9 cm³/mol. The number of benzene rings is 1. The zero-order chi connectivity index (χ0) is 19.4. The van der Waals surface area contributed by atoms with E-state index in [9.17, 15) is 18.0 Å². The first kappa shape index (κ1) is 19.8. The van der Waals surface area contributed by atoms with Gasteiger partial charge in [-0.15, -0.1) is 0 Å². The van der Waals surface area contributed by atoms with Gasteiger partial charge in [-0.1, -0.05) is 0 Å². The molecule has 0 saturated carbocycles. The van der Waals surface area contributed by atoms with Crippen LogP contribution in [0.1, 0.15) is 36.0 Å². The van der Waals surface area contributed by atoms with E-state index in [0.717, 1.165) is 12.8 Å². The summed E-state index contributed by atoms with van der Waals surface area (Å²) in [5, 5.41) is 9.03. The molecule has 1 amide bonds.